The number of hydrogen-bond donors (Lipinski definition) is 1. The molecule has 2 atom stereocenters. The summed E-state index contributed by atoms with van der Waals surface area (Å²) in [4.78, 5) is 11.6. The van der Waals surface area contributed by atoms with Crippen molar-refractivity contribution >= 4 is 23.0 Å². The van der Waals surface area contributed by atoms with Crippen molar-refractivity contribution in [3.05, 3.63) is 126 Å². The van der Waals surface area contributed by atoms with Gasteiger partial charge in [-0.15, -0.1) is 0 Å². The van der Waals surface area contributed by atoms with Crippen LogP contribution in [0.5, 0.6) is 17.2 Å². The molecule has 1 aliphatic heterocycles. The first kappa shape index (κ1) is 26.5. The molecule has 41 heavy (non-hydrogen) atoms. The van der Waals surface area contributed by atoms with Gasteiger partial charge in [-0.1, -0.05) is 12.1 Å². The monoisotopic (exact) mass is 561 g/mol. The van der Waals surface area contributed by atoms with E-state index in [0.717, 1.165) is 57.0 Å². The van der Waals surface area contributed by atoms with Gasteiger partial charge in [0.2, 0.25) is 0 Å². The molecular formula is C33H31N5O2S. The number of nitrogens with zero attached hydrogens (tertiary/aromatic N) is 4. The molecule has 8 heteroatoms. The van der Waals surface area contributed by atoms with Crippen LogP contribution in [0.2, 0.25) is 0 Å². The zero-order chi connectivity index (χ0) is 28.5. The Labute approximate surface area is 245 Å². The summed E-state index contributed by atoms with van der Waals surface area (Å²) < 4.78 is 13.5. The molecule has 0 unspecified atom stereocenters. The number of rotatable bonds is 7. The van der Waals surface area contributed by atoms with Crippen LogP contribution in [0.3, 0.4) is 0 Å². The smallest absolute Gasteiger partial charge is 0.174 e. The normalized spacial score (nSPS) is 16.5. The lowest BCUT2D eigenvalue weighted by molar-refractivity contribution is 0.413. The van der Waals surface area contributed by atoms with E-state index in [0.29, 0.717) is 5.11 Å². The Morgan fingerprint density at radius 3 is 2.17 bits per heavy atom. The average molecular weight is 562 g/mol. The molecule has 0 spiro atoms. The Kier molecular flexibility index (Phi) is 7.15. The molecule has 0 amide bonds. The third-order valence-electron chi connectivity index (χ3n) is 7.42. The standard InChI is InChI=1S/C33H31N5O2S/c1-21-8-17-30(35-20-21)37-22(2)19-28(23(37)3)32-31(29-7-5-6-18-34-29)36-33(41)38(32)24-9-11-26(12-10-24)40-27-15-13-25(39-4)14-16-27/h5-20,31-32H,1-4H3,(H,36,41)/t31-,32-/m1/s1. The SMILES string of the molecule is COc1ccc(Oc2ccc(N3C(=S)N[C@H](c4ccccn4)[C@H]3c3cc(C)n(-c4ccc(C)cn4)c3C)cc2)cc1. The molecule has 5 aromatic rings. The van der Waals surface area contributed by atoms with Crippen molar-refractivity contribution < 1.29 is 9.47 Å². The quantitative estimate of drug-likeness (QED) is 0.211. The lowest BCUT2D eigenvalue weighted by atomic mass is 9.96. The number of pyridine rings is 2. The van der Waals surface area contributed by atoms with Crippen LogP contribution in [0.15, 0.2) is 97.3 Å². The summed E-state index contributed by atoms with van der Waals surface area (Å²) in [5.41, 5.74) is 6.40. The second-order valence-electron chi connectivity index (χ2n) is 10.1. The van der Waals surface area contributed by atoms with Crippen molar-refractivity contribution in [2.45, 2.75) is 32.9 Å². The molecule has 0 bridgehead atoms. The Morgan fingerprint density at radius 1 is 0.829 bits per heavy atom. The topological polar surface area (TPSA) is 64.4 Å². The number of ether oxygens (including phenoxy) is 2. The Bertz CT molecular complexity index is 1670. The number of hydrogen-bond acceptors (Lipinski definition) is 5. The molecule has 4 heterocycles. The van der Waals surface area contributed by atoms with Crippen LogP contribution in [-0.4, -0.2) is 26.8 Å². The van der Waals surface area contributed by atoms with E-state index in [9.17, 15) is 0 Å². The molecule has 6 rings (SSSR count). The van der Waals surface area contributed by atoms with Crippen LogP contribution < -0.4 is 19.7 Å². The summed E-state index contributed by atoms with van der Waals surface area (Å²) >= 11 is 5.95. The number of benzene rings is 2. The lowest BCUT2D eigenvalue weighted by Gasteiger charge is -2.28. The van der Waals surface area contributed by atoms with Gasteiger partial charge in [-0.05, 0) is 117 Å². The van der Waals surface area contributed by atoms with E-state index in [2.05, 4.69) is 46.8 Å². The van der Waals surface area contributed by atoms with Gasteiger partial charge < -0.3 is 24.3 Å². The highest BCUT2D eigenvalue weighted by atomic mass is 32.1. The molecule has 3 aromatic heterocycles. The van der Waals surface area contributed by atoms with E-state index >= 15 is 0 Å². The fraction of sp³-hybridized carbons (Fsp3) is 0.182. The Hall–Kier alpha value is -4.69. The van der Waals surface area contributed by atoms with Crippen LogP contribution in [0, 0.1) is 20.8 Å². The van der Waals surface area contributed by atoms with Gasteiger partial charge in [0.15, 0.2) is 5.11 Å². The summed E-state index contributed by atoms with van der Waals surface area (Å²) in [6, 6.07) is 27.7. The number of anilines is 1. The van der Waals surface area contributed by atoms with Crippen molar-refractivity contribution in [1.29, 1.82) is 0 Å². The molecule has 7 nitrogen and oxygen atoms in total. The maximum Gasteiger partial charge on any atom is 0.174 e. The summed E-state index contributed by atoms with van der Waals surface area (Å²) in [5.74, 6) is 3.15. The average Bonchev–Trinajstić information content (AvgIpc) is 3.49. The second kappa shape index (κ2) is 11.1. The van der Waals surface area contributed by atoms with E-state index in [-0.39, 0.29) is 12.1 Å². The molecule has 0 saturated carbocycles. The number of methoxy groups -OCH3 is 1. The minimum absolute atomic E-state index is 0.129. The largest absolute Gasteiger partial charge is 0.497 e. The maximum atomic E-state index is 6.08. The van der Waals surface area contributed by atoms with Crippen LogP contribution in [0.25, 0.3) is 5.82 Å². The van der Waals surface area contributed by atoms with Gasteiger partial charge in [-0.25, -0.2) is 4.98 Å². The zero-order valence-electron chi connectivity index (χ0n) is 23.4. The van der Waals surface area contributed by atoms with E-state index in [4.69, 9.17) is 31.7 Å². The van der Waals surface area contributed by atoms with Crippen molar-refractivity contribution in [1.82, 2.24) is 19.9 Å². The van der Waals surface area contributed by atoms with Crippen LogP contribution in [-0.2, 0) is 0 Å². The number of thiocarbonyl (C=S) groups is 1. The summed E-state index contributed by atoms with van der Waals surface area (Å²) in [6.45, 7) is 6.31. The van der Waals surface area contributed by atoms with Gasteiger partial charge in [-0.3, -0.25) is 4.98 Å². The first-order chi connectivity index (χ1) is 19.9. The summed E-state index contributed by atoms with van der Waals surface area (Å²) in [7, 11) is 1.65. The number of aromatic nitrogens is 3. The lowest BCUT2D eigenvalue weighted by Crippen LogP contribution is -2.29. The highest BCUT2D eigenvalue weighted by Gasteiger charge is 2.42. The minimum atomic E-state index is -0.140. The number of nitrogens with one attached hydrogen (secondary N) is 1. The highest BCUT2D eigenvalue weighted by Crippen LogP contribution is 2.44. The van der Waals surface area contributed by atoms with Crippen LogP contribution >= 0.6 is 12.2 Å². The predicted octanol–water partition coefficient (Wildman–Crippen LogP) is 7.17. The van der Waals surface area contributed by atoms with E-state index in [1.54, 1.807) is 7.11 Å². The molecule has 206 valence electrons. The van der Waals surface area contributed by atoms with Gasteiger partial charge in [0.25, 0.3) is 0 Å². The fourth-order valence-electron chi connectivity index (χ4n) is 5.44. The van der Waals surface area contributed by atoms with Crippen molar-refractivity contribution in [3.8, 4) is 23.1 Å². The van der Waals surface area contributed by atoms with Crippen LogP contribution in [0.1, 0.15) is 40.3 Å². The minimum Gasteiger partial charge on any atom is -0.497 e. The van der Waals surface area contributed by atoms with Crippen LogP contribution in [0.4, 0.5) is 5.69 Å². The van der Waals surface area contributed by atoms with Gasteiger partial charge in [0.05, 0.1) is 24.9 Å². The molecule has 1 fully saturated rings. The summed E-state index contributed by atoms with van der Waals surface area (Å²) in [5, 5.41) is 4.21. The zero-order valence-corrected chi connectivity index (χ0v) is 24.2. The first-order valence-corrected chi connectivity index (χ1v) is 13.9. The van der Waals surface area contributed by atoms with Gasteiger partial charge in [0, 0.05) is 29.5 Å². The Balaban J connectivity index is 1.38. The molecule has 1 N–H and O–H groups in total. The summed E-state index contributed by atoms with van der Waals surface area (Å²) in [6.07, 6.45) is 3.73. The van der Waals surface area contributed by atoms with Crippen molar-refractivity contribution in [3.63, 3.8) is 0 Å². The Morgan fingerprint density at radius 2 is 1.54 bits per heavy atom. The van der Waals surface area contributed by atoms with Gasteiger partial charge in [-0.2, -0.15) is 0 Å². The maximum absolute atomic E-state index is 6.08. The van der Waals surface area contributed by atoms with Crippen molar-refractivity contribution in [2.24, 2.45) is 0 Å². The van der Waals surface area contributed by atoms with E-state index in [1.165, 1.54) is 0 Å². The third-order valence-corrected chi connectivity index (χ3v) is 7.74. The molecule has 0 aliphatic carbocycles. The van der Waals surface area contributed by atoms with Gasteiger partial charge >= 0.3 is 0 Å². The number of aryl methyl sites for hydroxylation is 2. The van der Waals surface area contributed by atoms with Gasteiger partial charge in [0.1, 0.15) is 23.1 Å². The van der Waals surface area contributed by atoms with E-state index < -0.39 is 0 Å². The molecule has 1 aliphatic rings. The molecular weight excluding hydrogens is 530 g/mol. The van der Waals surface area contributed by atoms with E-state index in [1.807, 2.05) is 86.0 Å². The fourth-order valence-corrected chi connectivity index (χ4v) is 5.78. The predicted molar refractivity (Wildman–Crippen MR) is 165 cm³/mol. The first-order valence-electron chi connectivity index (χ1n) is 13.5. The molecule has 1 saturated heterocycles. The molecule has 0 radical (unpaired) electrons. The van der Waals surface area contributed by atoms with Crippen molar-refractivity contribution in [2.75, 3.05) is 12.0 Å². The highest BCUT2D eigenvalue weighted by molar-refractivity contribution is 7.80. The second-order valence-corrected chi connectivity index (χ2v) is 10.5. The third kappa shape index (κ3) is 5.14. The molecule has 2 aromatic carbocycles.